The number of rotatable bonds is 3. The highest BCUT2D eigenvalue weighted by Gasteiger charge is 2.38. The summed E-state index contributed by atoms with van der Waals surface area (Å²) in [6, 6.07) is 5.79. The molecule has 4 nitrogen and oxygen atoms in total. The van der Waals surface area contributed by atoms with E-state index in [0.717, 1.165) is 5.56 Å². The lowest BCUT2D eigenvalue weighted by atomic mass is 10.00. The highest BCUT2D eigenvalue weighted by molar-refractivity contribution is 7.92. The molecule has 1 N–H and O–H groups in total. The first kappa shape index (κ1) is 14.3. The van der Waals surface area contributed by atoms with Crippen LogP contribution in [-0.2, 0) is 9.84 Å². The summed E-state index contributed by atoms with van der Waals surface area (Å²) in [5.74, 6) is 0.444. The first-order valence-corrected chi connectivity index (χ1v) is 8.09. The van der Waals surface area contributed by atoms with Gasteiger partial charge in [0, 0.05) is 12.1 Å². The second-order valence-corrected chi connectivity index (χ2v) is 7.65. The van der Waals surface area contributed by atoms with Crippen LogP contribution in [0.15, 0.2) is 23.1 Å². The fourth-order valence-corrected chi connectivity index (χ4v) is 4.44. The van der Waals surface area contributed by atoms with Crippen molar-refractivity contribution in [2.45, 2.75) is 49.4 Å². The molecule has 1 aliphatic heterocycles. The Morgan fingerprint density at radius 1 is 1.37 bits per heavy atom. The van der Waals surface area contributed by atoms with Gasteiger partial charge in [0.25, 0.3) is 0 Å². The van der Waals surface area contributed by atoms with Crippen LogP contribution in [0.4, 0.5) is 0 Å². The summed E-state index contributed by atoms with van der Waals surface area (Å²) in [6.45, 7) is 5.89. The van der Waals surface area contributed by atoms with Gasteiger partial charge in [0.05, 0.1) is 12.4 Å². The Hall–Kier alpha value is -1.07. The minimum Gasteiger partial charge on any atom is -0.495 e. The van der Waals surface area contributed by atoms with Gasteiger partial charge in [-0.15, -0.1) is 0 Å². The van der Waals surface area contributed by atoms with Crippen LogP contribution < -0.4 is 10.1 Å². The van der Waals surface area contributed by atoms with E-state index in [9.17, 15) is 8.42 Å². The number of hydrogen-bond donors (Lipinski definition) is 1. The molecule has 1 aromatic carbocycles. The molecule has 0 saturated heterocycles. The van der Waals surface area contributed by atoms with Crippen LogP contribution in [0, 0.1) is 0 Å². The standard InChI is InChI=1S/C14H21NO3S/c1-9(2)15-12-8-10(3)19(16,17)14-11(12)6-5-7-13(14)18-4/h5-7,9-10,12,15H,8H2,1-4H3. The SMILES string of the molecule is COc1cccc2c1S(=O)(=O)C(C)CC2NC(C)C. The maximum absolute atomic E-state index is 12.5. The second-order valence-electron chi connectivity index (χ2n) is 5.34. The fourth-order valence-electron chi connectivity index (χ4n) is 2.62. The van der Waals surface area contributed by atoms with E-state index in [1.54, 1.807) is 13.0 Å². The lowest BCUT2D eigenvalue weighted by Crippen LogP contribution is -2.37. The van der Waals surface area contributed by atoms with Crippen LogP contribution in [0.1, 0.15) is 38.8 Å². The van der Waals surface area contributed by atoms with Gasteiger partial charge in [-0.25, -0.2) is 8.42 Å². The van der Waals surface area contributed by atoms with Gasteiger partial charge < -0.3 is 10.1 Å². The minimum atomic E-state index is -3.30. The normalized spacial score (nSPS) is 25.1. The number of ether oxygens (including phenoxy) is 1. The largest absolute Gasteiger partial charge is 0.495 e. The number of sulfone groups is 1. The van der Waals surface area contributed by atoms with E-state index in [4.69, 9.17) is 4.74 Å². The summed E-state index contributed by atoms with van der Waals surface area (Å²) in [6.07, 6.45) is 0.598. The molecule has 0 fully saturated rings. The number of hydrogen-bond acceptors (Lipinski definition) is 4. The highest BCUT2D eigenvalue weighted by Crippen LogP contribution is 2.41. The maximum Gasteiger partial charge on any atom is 0.185 e. The van der Waals surface area contributed by atoms with Gasteiger partial charge in [-0.05, 0) is 25.0 Å². The van der Waals surface area contributed by atoms with Gasteiger partial charge in [0.15, 0.2) is 9.84 Å². The van der Waals surface area contributed by atoms with Crippen LogP contribution >= 0.6 is 0 Å². The zero-order valence-electron chi connectivity index (χ0n) is 11.8. The van der Waals surface area contributed by atoms with Gasteiger partial charge in [0.2, 0.25) is 0 Å². The van der Waals surface area contributed by atoms with Crippen molar-refractivity contribution >= 4 is 9.84 Å². The number of nitrogens with one attached hydrogen (secondary N) is 1. The Labute approximate surface area is 115 Å². The lowest BCUT2D eigenvalue weighted by Gasteiger charge is -2.32. The van der Waals surface area contributed by atoms with Crippen molar-refractivity contribution in [3.05, 3.63) is 23.8 Å². The minimum absolute atomic E-state index is 0.0589. The van der Waals surface area contributed by atoms with Crippen molar-refractivity contribution in [2.75, 3.05) is 7.11 Å². The molecule has 0 radical (unpaired) electrons. The Bertz CT molecular complexity index is 566. The highest BCUT2D eigenvalue weighted by atomic mass is 32.2. The lowest BCUT2D eigenvalue weighted by molar-refractivity contribution is 0.386. The Kier molecular flexibility index (Phi) is 3.87. The van der Waals surface area contributed by atoms with E-state index in [-0.39, 0.29) is 6.04 Å². The number of fused-ring (bicyclic) bond motifs is 1. The van der Waals surface area contributed by atoms with Gasteiger partial charge >= 0.3 is 0 Å². The van der Waals surface area contributed by atoms with Gasteiger partial charge in [-0.1, -0.05) is 26.0 Å². The Morgan fingerprint density at radius 3 is 2.63 bits per heavy atom. The molecule has 2 atom stereocenters. The molecule has 2 unspecified atom stereocenters. The summed E-state index contributed by atoms with van der Waals surface area (Å²) in [7, 11) is -1.79. The zero-order valence-corrected chi connectivity index (χ0v) is 12.6. The van der Waals surface area contributed by atoms with E-state index >= 15 is 0 Å². The summed E-state index contributed by atoms with van der Waals surface area (Å²) in [5, 5.41) is 3.04. The summed E-state index contributed by atoms with van der Waals surface area (Å²) >= 11 is 0. The molecule has 5 heteroatoms. The quantitative estimate of drug-likeness (QED) is 0.925. The fraction of sp³-hybridized carbons (Fsp3) is 0.571. The topological polar surface area (TPSA) is 55.4 Å². The average Bonchev–Trinajstić information content (AvgIpc) is 2.34. The monoisotopic (exact) mass is 283 g/mol. The van der Waals surface area contributed by atoms with Crippen molar-refractivity contribution < 1.29 is 13.2 Å². The van der Waals surface area contributed by atoms with Gasteiger partial charge in [-0.2, -0.15) is 0 Å². The molecular weight excluding hydrogens is 262 g/mol. The van der Waals surface area contributed by atoms with Crippen LogP contribution in [-0.4, -0.2) is 26.8 Å². The molecule has 19 heavy (non-hydrogen) atoms. The van der Waals surface area contributed by atoms with Crippen LogP contribution in [0.2, 0.25) is 0 Å². The molecule has 0 aliphatic carbocycles. The van der Waals surface area contributed by atoms with E-state index in [1.165, 1.54) is 7.11 Å². The molecule has 1 aromatic rings. The van der Waals surface area contributed by atoms with Crippen molar-refractivity contribution in [3.8, 4) is 5.75 Å². The third-order valence-electron chi connectivity index (χ3n) is 3.52. The summed E-state index contributed by atoms with van der Waals surface area (Å²) in [5.41, 5.74) is 0.825. The van der Waals surface area contributed by atoms with Crippen molar-refractivity contribution in [1.29, 1.82) is 0 Å². The van der Waals surface area contributed by atoms with Gasteiger partial charge in [0.1, 0.15) is 10.6 Å². The molecule has 1 heterocycles. The Morgan fingerprint density at radius 2 is 2.05 bits per heavy atom. The van der Waals surface area contributed by atoms with Crippen LogP contribution in [0.5, 0.6) is 5.75 Å². The molecule has 0 saturated carbocycles. The van der Waals surface area contributed by atoms with E-state index in [2.05, 4.69) is 19.2 Å². The Balaban J connectivity index is 2.61. The molecule has 0 amide bonds. The molecule has 1 aliphatic rings. The first-order chi connectivity index (χ1) is 8.87. The molecule has 0 aromatic heterocycles. The molecule has 0 bridgehead atoms. The average molecular weight is 283 g/mol. The third kappa shape index (κ3) is 2.49. The van der Waals surface area contributed by atoms with Crippen molar-refractivity contribution in [1.82, 2.24) is 5.32 Å². The van der Waals surface area contributed by atoms with E-state index in [1.807, 2.05) is 12.1 Å². The smallest absolute Gasteiger partial charge is 0.185 e. The number of methoxy groups -OCH3 is 1. The van der Waals surface area contributed by atoms with Crippen LogP contribution in [0.25, 0.3) is 0 Å². The molecule has 0 spiro atoms. The second kappa shape index (κ2) is 5.13. The predicted octanol–water partition coefficient (Wildman–Crippen LogP) is 2.30. The molecule has 106 valence electrons. The zero-order chi connectivity index (χ0) is 14.2. The van der Waals surface area contributed by atoms with Gasteiger partial charge in [-0.3, -0.25) is 0 Å². The third-order valence-corrected chi connectivity index (χ3v) is 5.78. The van der Waals surface area contributed by atoms with Crippen LogP contribution in [0.3, 0.4) is 0 Å². The van der Waals surface area contributed by atoms with Crippen molar-refractivity contribution in [2.24, 2.45) is 0 Å². The maximum atomic E-state index is 12.5. The van der Waals surface area contributed by atoms with E-state index in [0.29, 0.717) is 23.1 Å². The summed E-state index contributed by atoms with van der Waals surface area (Å²) < 4.78 is 30.3. The predicted molar refractivity (Wildman–Crippen MR) is 75.3 cm³/mol. The van der Waals surface area contributed by atoms with Crippen molar-refractivity contribution in [3.63, 3.8) is 0 Å². The van der Waals surface area contributed by atoms with E-state index < -0.39 is 15.1 Å². The molecule has 2 rings (SSSR count). The first-order valence-electron chi connectivity index (χ1n) is 6.54. The number of benzene rings is 1. The summed E-state index contributed by atoms with van der Waals surface area (Å²) in [4.78, 5) is 0.356. The molecular formula is C14H21NO3S.